The van der Waals surface area contributed by atoms with E-state index in [0.717, 1.165) is 12.8 Å². The Morgan fingerprint density at radius 3 is 2.90 bits per heavy atom. The summed E-state index contributed by atoms with van der Waals surface area (Å²) in [6.07, 6.45) is 9.26. The molecule has 0 amide bonds. The zero-order valence-corrected chi connectivity index (χ0v) is 6.07. The van der Waals surface area contributed by atoms with Crippen LogP contribution in [0.4, 0.5) is 0 Å². The lowest BCUT2D eigenvalue weighted by molar-refractivity contribution is 0.959. The van der Waals surface area contributed by atoms with Crippen molar-refractivity contribution in [3.05, 3.63) is 34.9 Å². The van der Waals surface area contributed by atoms with Crippen molar-refractivity contribution in [3.8, 4) is 0 Å². The number of hydrogen-bond donors (Lipinski definition) is 0. The second kappa shape index (κ2) is 7.79. The molecule has 0 aromatic rings. The minimum Gasteiger partial charge on any atom is -0.0846 e. The highest BCUT2D eigenvalue weighted by Gasteiger charge is 1.67. The third kappa shape index (κ3) is 6.79. The standard InChI is InChI=1S/C7H11N3/c1-2-3-4-5-6-7-9-10-8/h4-7H,2-3H2,1H3. The van der Waals surface area contributed by atoms with Crippen molar-refractivity contribution in [2.45, 2.75) is 19.8 Å². The fourth-order valence-electron chi connectivity index (χ4n) is 0.459. The van der Waals surface area contributed by atoms with Crippen LogP contribution < -0.4 is 0 Å². The van der Waals surface area contributed by atoms with Gasteiger partial charge in [-0.15, -0.1) is 0 Å². The molecule has 3 heteroatoms. The lowest BCUT2D eigenvalue weighted by Crippen LogP contribution is -1.57. The average molecular weight is 137 g/mol. The van der Waals surface area contributed by atoms with Crippen LogP contribution in [0.2, 0.25) is 0 Å². The molecule has 0 radical (unpaired) electrons. The largest absolute Gasteiger partial charge is 0.0846 e. The highest BCUT2D eigenvalue weighted by Crippen LogP contribution is 1.88. The molecular formula is C7H11N3. The second-order valence-electron chi connectivity index (χ2n) is 1.76. The van der Waals surface area contributed by atoms with Crippen molar-refractivity contribution < 1.29 is 0 Å². The van der Waals surface area contributed by atoms with Crippen LogP contribution in [0, 0.1) is 0 Å². The Labute approximate surface area is 60.7 Å². The smallest absolute Gasteiger partial charge is 0.00475 e. The van der Waals surface area contributed by atoms with Crippen molar-refractivity contribution in [3.63, 3.8) is 0 Å². The van der Waals surface area contributed by atoms with Crippen LogP contribution in [0.3, 0.4) is 0 Å². The van der Waals surface area contributed by atoms with Gasteiger partial charge in [0.2, 0.25) is 0 Å². The Morgan fingerprint density at radius 2 is 2.30 bits per heavy atom. The first-order valence-corrected chi connectivity index (χ1v) is 3.27. The van der Waals surface area contributed by atoms with E-state index in [-0.39, 0.29) is 0 Å². The molecule has 0 N–H and O–H groups in total. The van der Waals surface area contributed by atoms with Gasteiger partial charge in [-0.05, 0) is 12.0 Å². The molecule has 0 heterocycles. The molecule has 0 aromatic heterocycles. The van der Waals surface area contributed by atoms with Crippen LogP contribution in [0.15, 0.2) is 29.5 Å². The van der Waals surface area contributed by atoms with Crippen LogP contribution >= 0.6 is 0 Å². The number of allylic oxidation sites excluding steroid dienone is 3. The van der Waals surface area contributed by atoms with E-state index in [2.05, 4.69) is 16.9 Å². The Hall–Kier alpha value is -1.21. The van der Waals surface area contributed by atoms with Gasteiger partial charge < -0.3 is 0 Å². The molecule has 0 aromatic carbocycles. The zero-order chi connectivity index (χ0) is 7.66. The monoisotopic (exact) mass is 137 g/mol. The van der Waals surface area contributed by atoms with E-state index in [4.69, 9.17) is 5.53 Å². The minimum absolute atomic E-state index is 1.07. The highest BCUT2D eigenvalue weighted by molar-refractivity contribution is 5.01. The maximum Gasteiger partial charge on any atom is 0.00475 e. The van der Waals surface area contributed by atoms with Gasteiger partial charge >= 0.3 is 0 Å². The molecule has 0 bridgehead atoms. The van der Waals surface area contributed by atoms with E-state index in [1.807, 2.05) is 12.2 Å². The number of hydrogen-bond acceptors (Lipinski definition) is 1. The van der Waals surface area contributed by atoms with Gasteiger partial charge in [0.05, 0.1) is 0 Å². The van der Waals surface area contributed by atoms with Crippen molar-refractivity contribution in [1.29, 1.82) is 0 Å². The third-order valence-corrected chi connectivity index (χ3v) is 0.907. The number of nitrogens with zero attached hydrogens (tertiary/aromatic N) is 3. The molecule has 0 aliphatic heterocycles. The van der Waals surface area contributed by atoms with E-state index < -0.39 is 0 Å². The first-order chi connectivity index (χ1) is 4.91. The summed E-state index contributed by atoms with van der Waals surface area (Å²) in [6, 6.07) is 0. The van der Waals surface area contributed by atoms with Gasteiger partial charge in [0.1, 0.15) is 0 Å². The van der Waals surface area contributed by atoms with E-state index >= 15 is 0 Å². The van der Waals surface area contributed by atoms with Crippen LogP contribution in [-0.2, 0) is 0 Å². The topological polar surface area (TPSA) is 48.8 Å². The molecule has 0 atom stereocenters. The zero-order valence-electron chi connectivity index (χ0n) is 6.07. The number of rotatable bonds is 4. The fraction of sp³-hybridized carbons (Fsp3) is 0.429. The Morgan fingerprint density at radius 1 is 1.50 bits per heavy atom. The lowest BCUT2D eigenvalue weighted by atomic mass is 10.3. The molecule has 3 nitrogen and oxygen atoms in total. The first-order valence-electron chi connectivity index (χ1n) is 3.27. The average Bonchev–Trinajstić information content (AvgIpc) is 1.97. The van der Waals surface area contributed by atoms with E-state index in [0.29, 0.717) is 0 Å². The summed E-state index contributed by atoms with van der Waals surface area (Å²) in [5.41, 5.74) is 7.85. The van der Waals surface area contributed by atoms with Crippen molar-refractivity contribution in [2.75, 3.05) is 0 Å². The predicted molar refractivity (Wildman–Crippen MR) is 42.3 cm³/mol. The summed E-state index contributed by atoms with van der Waals surface area (Å²) in [4.78, 5) is 2.56. The van der Waals surface area contributed by atoms with Crippen LogP contribution in [0.25, 0.3) is 10.4 Å². The van der Waals surface area contributed by atoms with E-state index in [1.54, 1.807) is 6.08 Å². The molecule has 0 saturated heterocycles. The number of azide groups is 1. The molecule has 0 unspecified atom stereocenters. The normalized spacial score (nSPS) is 10.5. The van der Waals surface area contributed by atoms with E-state index in [9.17, 15) is 0 Å². The van der Waals surface area contributed by atoms with Crippen LogP contribution in [-0.4, -0.2) is 0 Å². The molecule has 0 spiro atoms. The van der Waals surface area contributed by atoms with Crippen LogP contribution in [0.1, 0.15) is 19.8 Å². The number of unbranched alkanes of at least 4 members (excludes halogenated alkanes) is 1. The molecular weight excluding hydrogens is 126 g/mol. The van der Waals surface area contributed by atoms with Crippen molar-refractivity contribution in [1.82, 2.24) is 0 Å². The summed E-state index contributed by atoms with van der Waals surface area (Å²) in [5.74, 6) is 0. The quantitative estimate of drug-likeness (QED) is 0.247. The van der Waals surface area contributed by atoms with Gasteiger partial charge in [-0.25, -0.2) is 0 Å². The van der Waals surface area contributed by atoms with Gasteiger partial charge in [-0.1, -0.05) is 36.7 Å². The summed E-state index contributed by atoms with van der Waals surface area (Å²) in [6.45, 7) is 2.11. The van der Waals surface area contributed by atoms with Crippen molar-refractivity contribution >= 4 is 0 Å². The first kappa shape index (κ1) is 8.79. The lowest BCUT2D eigenvalue weighted by Gasteiger charge is -1.78. The van der Waals surface area contributed by atoms with Crippen molar-refractivity contribution in [2.24, 2.45) is 5.11 Å². The molecule has 54 valence electrons. The fourth-order valence-corrected chi connectivity index (χ4v) is 0.459. The summed E-state index contributed by atoms with van der Waals surface area (Å²) >= 11 is 0. The summed E-state index contributed by atoms with van der Waals surface area (Å²) in [7, 11) is 0. The second-order valence-corrected chi connectivity index (χ2v) is 1.76. The molecule has 0 saturated carbocycles. The van der Waals surface area contributed by atoms with E-state index in [1.165, 1.54) is 6.20 Å². The Balaban J connectivity index is 3.41. The molecule has 0 fully saturated rings. The van der Waals surface area contributed by atoms with Gasteiger partial charge in [-0.3, -0.25) is 0 Å². The van der Waals surface area contributed by atoms with Gasteiger partial charge in [-0.2, -0.15) is 0 Å². The SMILES string of the molecule is CCCC=CC=CN=[N+]=[N-]. The van der Waals surface area contributed by atoms with Gasteiger partial charge in [0, 0.05) is 11.1 Å². The highest BCUT2D eigenvalue weighted by atomic mass is 15.1. The third-order valence-electron chi connectivity index (χ3n) is 0.907. The molecule has 0 aliphatic rings. The maximum absolute atomic E-state index is 7.85. The summed E-state index contributed by atoms with van der Waals surface area (Å²) < 4.78 is 0. The molecule has 0 rings (SSSR count). The Kier molecular flexibility index (Phi) is 6.85. The predicted octanol–water partition coefficient (Wildman–Crippen LogP) is 3.17. The van der Waals surface area contributed by atoms with Gasteiger partial charge in [0.15, 0.2) is 0 Å². The Bertz CT molecular complexity index is 164. The van der Waals surface area contributed by atoms with Crippen LogP contribution in [0.5, 0.6) is 0 Å². The minimum atomic E-state index is 1.07. The van der Waals surface area contributed by atoms with Gasteiger partial charge in [0.25, 0.3) is 0 Å². The maximum atomic E-state index is 7.85. The molecule has 0 aliphatic carbocycles. The molecule has 10 heavy (non-hydrogen) atoms. The summed E-state index contributed by atoms with van der Waals surface area (Å²) in [5, 5.41) is 3.22.